The van der Waals surface area contributed by atoms with Gasteiger partial charge < -0.3 is 5.11 Å². The molecule has 1 aromatic rings. The van der Waals surface area contributed by atoms with E-state index in [-0.39, 0.29) is 0 Å². The second-order valence-corrected chi connectivity index (χ2v) is 3.22. The molecule has 1 rings (SSSR count). The van der Waals surface area contributed by atoms with Crippen molar-refractivity contribution in [1.82, 2.24) is 0 Å². The lowest BCUT2D eigenvalue weighted by Gasteiger charge is -2.01. The van der Waals surface area contributed by atoms with Crippen LogP contribution in [0.4, 0.5) is 0 Å². The van der Waals surface area contributed by atoms with Gasteiger partial charge in [-0.15, -0.1) is 0 Å². The minimum absolute atomic E-state index is 0.448. The number of aliphatic hydroxyl groups is 1. The molecule has 0 heterocycles. The largest absolute Gasteiger partial charge is 0.380 e. The summed E-state index contributed by atoms with van der Waals surface area (Å²) in [4.78, 5) is 0. The van der Waals surface area contributed by atoms with Gasteiger partial charge >= 0.3 is 0 Å². The molecular formula is C14H14O. The van der Waals surface area contributed by atoms with Crippen molar-refractivity contribution in [2.24, 2.45) is 0 Å². The van der Waals surface area contributed by atoms with E-state index < -0.39 is 6.10 Å². The summed E-state index contributed by atoms with van der Waals surface area (Å²) in [5.74, 6) is 5.66. The molecule has 15 heavy (non-hydrogen) atoms. The number of allylic oxidation sites excluding steroid dienone is 1. The maximum atomic E-state index is 9.53. The van der Waals surface area contributed by atoms with Crippen LogP contribution in [0.5, 0.6) is 0 Å². The van der Waals surface area contributed by atoms with Gasteiger partial charge in [0.1, 0.15) is 6.10 Å². The van der Waals surface area contributed by atoms with Gasteiger partial charge in [0.15, 0.2) is 0 Å². The van der Waals surface area contributed by atoms with Crippen LogP contribution in [0.3, 0.4) is 0 Å². The molecule has 0 fully saturated rings. The lowest BCUT2D eigenvalue weighted by Crippen LogP contribution is -2.02. The predicted molar refractivity (Wildman–Crippen MR) is 63.3 cm³/mol. The Bertz CT molecular complexity index is 392. The Morgan fingerprint density at radius 2 is 2.07 bits per heavy atom. The maximum absolute atomic E-state index is 9.53. The monoisotopic (exact) mass is 198 g/mol. The second kappa shape index (κ2) is 5.85. The third kappa shape index (κ3) is 4.30. The van der Waals surface area contributed by atoms with E-state index in [1.54, 1.807) is 6.08 Å². The Balaban J connectivity index is 2.58. The van der Waals surface area contributed by atoms with Gasteiger partial charge in [0.05, 0.1) is 0 Å². The Labute approximate surface area is 90.8 Å². The summed E-state index contributed by atoms with van der Waals surface area (Å²) in [6, 6.07) is 9.57. The molecule has 0 bridgehead atoms. The highest BCUT2D eigenvalue weighted by molar-refractivity contribution is 5.34. The number of aliphatic hydroxyl groups excluding tert-OH is 1. The van der Waals surface area contributed by atoms with Crippen LogP contribution in [0.15, 0.2) is 55.1 Å². The van der Waals surface area contributed by atoms with Gasteiger partial charge in [-0.3, -0.25) is 0 Å². The molecule has 0 aromatic heterocycles. The SMILES string of the molecule is C=CC(=C)C[C@H](O)C#Cc1ccccc1. The van der Waals surface area contributed by atoms with Crippen molar-refractivity contribution in [2.75, 3.05) is 0 Å². The smallest absolute Gasteiger partial charge is 0.119 e. The summed E-state index contributed by atoms with van der Waals surface area (Å²) in [6.45, 7) is 7.30. The van der Waals surface area contributed by atoms with E-state index in [0.717, 1.165) is 11.1 Å². The normalized spacial score (nSPS) is 11.0. The zero-order valence-corrected chi connectivity index (χ0v) is 8.61. The molecule has 0 saturated carbocycles. The van der Waals surface area contributed by atoms with Crippen molar-refractivity contribution in [3.63, 3.8) is 0 Å². The first-order valence-electron chi connectivity index (χ1n) is 4.77. The number of hydrogen-bond donors (Lipinski definition) is 1. The molecule has 1 atom stereocenters. The molecule has 0 unspecified atom stereocenters. The second-order valence-electron chi connectivity index (χ2n) is 3.22. The minimum Gasteiger partial charge on any atom is -0.380 e. The number of hydrogen-bond acceptors (Lipinski definition) is 1. The topological polar surface area (TPSA) is 20.2 Å². The van der Waals surface area contributed by atoms with Crippen molar-refractivity contribution >= 4 is 0 Å². The van der Waals surface area contributed by atoms with Crippen LogP contribution in [-0.4, -0.2) is 11.2 Å². The van der Waals surface area contributed by atoms with E-state index in [2.05, 4.69) is 25.0 Å². The van der Waals surface area contributed by atoms with Crippen LogP contribution in [0.25, 0.3) is 0 Å². The molecule has 0 radical (unpaired) electrons. The summed E-state index contributed by atoms with van der Waals surface area (Å²) >= 11 is 0. The highest BCUT2D eigenvalue weighted by Crippen LogP contribution is 2.03. The molecule has 76 valence electrons. The lowest BCUT2D eigenvalue weighted by atomic mass is 10.1. The average Bonchev–Trinajstić information content (AvgIpc) is 2.27. The summed E-state index contributed by atoms with van der Waals surface area (Å²) in [7, 11) is 0. The third-order valence-corrected chi connectivity index (χ3v) is 1.90. The average molecular weight is 198 g/mol. The molecule has 1 heteroatoms. The zero-order valence-electron chi connectivity index (χ0n) is 8.61. The zero-order chi connectivity index (χ0) is 11.1. The first kappa shape index (κ1) is 11.3. The molecule has 0 spiro atoms. The fourth-order valence-electron chi connectivity index (χ4n) is 1.07. The maximum Gasteiger partial charge on any atom is 0.119 e. The standard InChI is InChI=1S/C14H14O/c1-3-12(2)11-14(15)10-9-13-7-5-4-6-8-13/h3-8,14-15H,1-2,11H2/t14-/m1/s1. The molecule has 0 amide bonds. The molecule has 0 aliphatic heterocycles. The van der Waals surface area contributed by atoms with Crippen LogP contribution in [0.1, 0.15) is 12.0 Å². The highest BCUT2D eigenvalue weighted by Gasteiger charge is 1.98. The summed E-state index contributed by atoms with van der Waals surface area (Å²) < 4.78 is 0. The third-order valence-electron chi connectivity index (χ3n) is 1.90. The van der Waals surface area contributed by atoms with Crippen molar-refractivity contribution in [3.8, 4) is 11.8 Å². The van der Waals surface area contributed by atoms with Crippen molar-refractivity contribution in [3.05, 3.63) is 60.7 Å². The summed E-state index contributed by atoms with van der Waals surface area (Å²) in [5.41, 5.74) is 1.70. The van der Waals surface area contributed by atoms with E-state index in [4.69, 9.17) is 0 Å². The van der Waals surface area contributed by atoms with Gasteiger partial charge in [0.25, 0.3) is 0 Å². The Hall–Kier alpha value is -1.78. The van der Waals surface area contributed by atoms with Crippen molar-refractivity contribution in [2.45, 2.75) is 12.5 Å². The van der Waals surface area contributed by atoms with E-state index in [9.17, 15) is 5.11 Å². The highest BCUT2D eigenvalue weighted by atomic mass is 16.3. The van der Waals surface area contributed by atoms with Gasteiger partial charge in [-0.25, -0.2) is 0 Å². The first-order valence-corrected chi connectivity index (χ1v) is 4.77. The van der Waals surface area contributed by atoms with Crippen molar-refractivity contribution < 1.29 is 5.11 Å². The number of benzene rings is 1. The molecule has 0 aliphatic carbocycles. The Kier molecular flexibility index (Phi) is 4.40. The van der Waals surface area contributed by atoms with Crippen molar-refractivity contribution in [1.29, 1.82) is 0 Å². The van der Waals surface area contributed by atoms with Crippen LogP contribution < -0.4 is 0 Å². The van der Waals surface area contributed by atoms with Gasteiger partial charge in [-0.05, 0) is 12.1 Å². The van der Waals surface area contributed by atoms with Gasteiger partial charge in [-0.1, -0.05) is 54.8 Å². The Morgan fingerprint density at radius 3 is 2.67 bits per heavy atom. The molecule has 1 nitrogen and oxygen atoms in total. The molecular weight excluding hydrogens is 184 g/mol. The summed E-state index contributed by atoms with van der Waals surface area (Å²) in [6.07, 6.45) is 1.41. The fourth-order valence-corrected chi connectivity index (χ4v) is 1.07. The van der Waals surface area contributed by atoms with E-state index in [1.165, 1.54) is 0 Å². The van der Waals surface area contributed by atoms with Crippen LogP contribution in [-0.2, 0) is 0 Å². The molecule has 1 aromatic carbocycles. The predicted octanol–water partition coefficient (Wildman–Crippen LogP) is 2.53. The first-order chi connectivity index (χ1) is 7.22. The lowest BCUT2D eigenvalue weighted by molar-refractivity contribution is 0.234. The molecule has 0 saturated heterocycles. The van der Waals surface area contributed by atoms with E-state index >= 15 is 0 Å². The Morgan fingerprint density at radius 1 is 1.40 bits per heavy atom. The van der Waals surface area contributed by atoms with Gasteiger partial charge in [0.2, 0.25) is 0 Å². The minimum atomic E-state index is -0.671. The fraction of sp³-hybridized carbons (Fsp3) is 0.143. The van der Waals surface area contributed by atoms with Gasteiger partial charge in [-0.2, -0.15) is 0 Å². The van der Waals surface area contributed by atoms with Crippen LogP contribution in [0, 0.1) is 11.8 Å². The van der Waals surface area contributed by atoms with E-state index in [0.29, 0.717) is 6.42 Å². The summed E-state index contributed by atoms with van der Waals surface area (Å²) in [5, 5.41) is 9.53. The van der Waals surface area contributed by atoms with E-state index in [1.807, 2.05) is 30.3 Å². The molecule has 0 aliphatic rings. The quantitative estimate of drug-likeness (QED) is 0.584. The van der Waals surface area contributed by atoms with Crippen LogP contribution in [0.2, 0.25) is 0 Å². The van der Waals surface area contributed by atoms with Gasteiger partial charge in [0, 0.05) is 12.0 Å². The van der Waals surface area contributed by atoms with Crippen LogP contribution >= 0.6 is 0 Å². The molecule has 1 N–H and O–H groups in total. The number of rotatable bonds is 3.